The molecule has 11 heteroatoms. The van der Waals surface area contributed by atoms with Crippen LogP contribution < -0.4 is 19.8 Å². The number of fused-ring (bicyclic) bond motifs is 2. The number of nitrogens with one attached hydrogen (secondary N) is 1. The maximum atomic E-state index is 13.2. The third-order valence-electron chi connectivity index (χ3n) is 6.90. The van der Waals surface area contributed by atoms with Gasteiger partial charge in [-0.3, -0.25) is 9.69 Å². The normalized spacial score (nSPS) is 13.3. The van der Waals surface area contributed by atoms with E-state index in [-0.39, 0.29) is 18.4 Å². The highest BCUT2D eigenvalue weighted by Crippen LogP contribution is 2.35. The van der Waals surface area contributed by atoms with Crippen molar-refractivity contribution in [1.29, 1.82) is 0 Å². The Morgan fingerprint density at radius 3 is 2.69 bits per heavy atom. The van der Waals surface area contributed by atoms with Gasteiger partial charge in [0.05, 0.1) is 25.2 Å². The molecular formula is C28H28N6O4S. The number of methoxy groups -OCH3 is 1. The van der Waals surface area contributed by atoms with Crippen molar-refractivity contribution in [2.45, 2.75) is 39.0 Å². The fourth-order valence-electron chi connectivity index (χ4n) is 4.93. The van der Waals surface area contributed by atoms with E-state index in [4.69, 9.17) is 14.2 Å². The molecule has 0 saturated carbocycles. The Hall–Kier alpha value is -4.22. The van der Waals surface area contributed by atoms with Gasteiger partial charge >= 0.3 is 0 Å². The molecule has 1 aliphatic heterocycles. The zero-order chi connectivity index (χ0) is 26.8. The van der Waals surface area contributed by atoms with Crippen LogP contribution in [0, 0.1) is 0 Å². The quantitative estimate of drug-likeness (QED) is 0.274. The highest BCUT2D eigenvalue weighted by molar-refractivity contribution is 7.09. The number of aromatic nitrogens is 5. The molecule has 1 aliphatic rings. The van der Waals surface area contributed by atoms with Crippen LogP contribution in [0.25, 0.3) is 10.9 Å². The zero-order valence-electron chi connectivity index (χ0n) is 21.7. The molecule has 0 unspecified atom stereocenters. The van der Waals surface area contributed by atoms with Crippen LogP contribution in [0.5, 0.6) is 17.2 Å². The first kappa shape index (κ1) is 25.1. The first-order valence-electron chi connectivity index (χ1n) is 12.7. The Morgan fingerprint density at radius 2 is 1.95 bits per heavy atom. The van der Waals surface area contributed by atoms with Crippen molar-refractivity contribution < 1.29 is 14.2 Å². The Morgan fingerprint density at radius 1 is 1.13 bits per heavy atom. The Kier molecular flexibility index (Phi) is 6.99. The summed E-state index contributed by atoms with van der Waals surface area (Å²) in [5.74, 6) is 2.87. The molecule has 1 N–H and O–H groups in total. The smallest absolute Gasteiger partial charge is 0.252 e. The predicted molar refractivity (Wildman–Crippen MR) is 147 cm³/mol. The number of tetrazole rings is 1. The molecular weight excluding hydrogens is 516 g/mol. The number of nitrogens with zero attached hydrogens (tertiary/aromatic N) is 5. The number of thiophene rings is 1. The SMILES string of the molecule is CC[C@@H](c1nnnn1Cc1ccc(OC)cc1)N(Cc1cccs1)Cc1cc2cc3c(cc2[nH]c1=O)OCO3. The van der Waals surface area contributed by atoms with Gasteiger partial charge in [0.2, 0.25) is 6.79 Å². The lowest BCUT2D eigenvalue weighted by molar-refractivity contribution is 0.163. The van der Waals surface area contributed by atoms with Gasteiger partial charge in [0.15, 0.2) is 17.3 Å². The number of rotatable bonds is 10. The summed E-state index contributed by atoms with van der Waals surface area (Å²) in [7, 11) is 1.65. The molecule has 0 fully saturated rings. The number of H-pyrrole nitrogens is 1. The van der Waals surface area contributed by atoms with Gasteiger partial charge in [-0.05, 0) is 58.1 Å². The number of pyridine rings is 1. The molecule has 5 aromatic rings. The predicted octanol–water partition coefficient (Wildman–Crippen LogP) is 4.52. The largest absolute Gasteiger partial charge is 0.497 e. The van der Waals surface area contributed by atoms with E-state index in [0.29, 0.717) is 42.2 Å². The molecule has 6 rings (SSSR count). The molecule has 200 valence electrons. The zero-order valence-corrected chi connectivity index (χ0v) is 22.5. The van der Waals surface area contributed by atoms with E-state index in [0.717, 1.165) is 28.9 Å². The van der Waals surface area contributed by atoms with Crippen LogP contribution in [0.1, 0.15) is 41.2 Å². The summed E-state index contributed by atoms with van der Waals surface area (Å²) >= 11 is 1.69. The van der Waals surface area contributed by atoms with Crippen LogP contribution in [0.3, 0.4) is 0 Å². The van der Waals surface area contributed by atoms with Crippen molar-refractivity contribution in [2.75, 3.05) is 13.9 Å². The van der Waals surface area contributed by atoms with Gasteiger partial charge in [-0.2, -0.15) is 0 Å². The van der Waals surface area contributed by atoms with E-state index in [9.17, 15) is 4.79 Å². The summed E-state index contributed by atoms with van der Waals surface area (Å²) in [5.41, 5.74) is 2.30. The topological polar surface area (TPSA) is 107 Å². The average molecular weight is 545 g/mol. The van der Waals surface area contributed by atoms with Gasteiger partial charge in [0.25, 0.3) is 5.56 Å². The van der Waals surface area contributed by atoms with E-state index >= 15 is 0 Å². The maximum absolute atomic E-state index is 13.2. The molecule has 0 amide bonds. The summed E-state index contributed by atoms with van der Waals surface area (Å²) < 4.78 is 18.1. The second-order valence-electron chi connectivity index (χ2n) is 9.37. The molecule has 0 radical (unpaired) electrons. The Labute approximate surface area is 228 Å². The van der Waals surface area contributed by atoms with Gasteiger partial charge in [-0.15, -0.1) is 16.4 Å². The summed E-state index contributed by atoms with van der Waals surface area (Å²) in [6, 6.07) is 17.6. The Balaban J connectivity index is 1.33. The van der Waals surface area contributed by atoms with Crippen molar-refractivity contribution in [1.82, 2.24) is 30.1 Å². The number of hydrogen-bond acceptors (Lipinski definition) is 9. The van der Waals surface area contributed by atoms with E-state index < -0.39 is 0 Å². The van der Waals surface area contributed by atoms with Gasteiger partial charge in [0.1, 0.15) is 5.75 Å². The van der Waals surface area contributed by atoms with E-state index in [1.54, 1.807) is 18.4 Å². The minimum absolute atomic E-state index is 0.118. The van der Waals surface area contributed by atoms with Gasteiger partial charge in [-0.1, -0.05) is 25.1 Å². The molecule has 2 aromatic carbocycles. The third-order valence-corrected chi connectivity index (χ3v) is 7.76. The first-order chi connectivity index (χ1) is 19.1. The lowest BCUT2D eigenvalue weighted by atomic mass is 10.1. The Bertz CT molecular complexity index is 1630. The van der Waals surface area contributed by atoms with Crippen molar-refractivity contribution in [3.63, 3.8) is 0 Å². The number of ether oxygens (including phenoxy) is 3. The number of aromatic amines is 1. The summed E-state index contributed by atoms with van der Waals surface area (Å²) in [4.78, 5) is 19.7. The summed E-state index contributed by atoms with van der Waals surface area (Å²) in [5, 5.41) is 15.7. The van der Waals surface area contributed by atoms with Crippen molar-refractivity contribution >= 4 is 22.2 Å². The van der Waals surface area contributed by atoms with Gasteiger partial charge in [-0.25, -0.2) is 4.68 Å². The standard InChI is InChI=1S/C28H28N6O4S/c1-3-24(27-30-31-32-34(27)14-18-6-8-21(36-2)9-7-18)33(16-22-5-4-10-39-22)15-20-11-19-12-25-26(38-17-37-25)13-23(19)29-28(20)35/h4-13,24H,3,14-17H2,1-2H3,(H,29,35)/t24-/m0/s1. The first-order valence-corrected chi connectivity index (χ1v) is 13.6. The fraction of sp³-hybridized carbons (Fsp3) is 0.286. The number of benzene rings is 2. The van der Waals surface area contributed by atoms with E-state index in [1.807, 2.05) is 53.2 Å². The molecule has 10 nitrogen and oxygen atoms in total. The van der Waals surface area contributed by atoms with Crippen molar-refractivity contribution in [2.24, 2.45) is 0 Å². The maximum Gasteiger partial charge on any atom is 0.252 e. The van der Waals surface area contributed by atoms with Crippen LogP contribution in [0.15, 0.2) is 64.8 Å². The molecule has 0 bridgehead atoms. The van der Waals surface area contributed by atoms with Crippen molar-refractivity contribution in [3.05, 3.63) is 92.2 Å². The molecule has 0 spiro atoms. The van der Waals surface area contributed by atoms with Crippen LogP contribution in [0.2, 0.25) is 0 Å². The molecule has 3 aromatic heterocycles. The minimum atomic E-state index is -0.134. The molecule has 1 atom stereocenters. The van der Waals surface area contributed by atoms with Crippen LogP contribution >= 0.6 is 11.3 Å². The summed E-state index contributed by atoms with van der Waals surface area (Å²) in [6.45, 7) is 3.90. The molecule has 0 saturated heterocycles. The monoisotopic (exact) mass is 544 g/mol. The molecule has 4 heterocycles. The highest BCUT2D eigenvalue weighted by atomic mass is 32.1. The number of hydrogen-bond donors (Lipinski definition) is 1. The average Bonchev–Trinajstić information content (AvgIpc) is 3.72. The molecule has 39 heavy (non-hydrogen) atoms. The summed E-state index contributed by atoms with van der Waals surface area (Å²) in [6.07, 6.45) is 0.762. The highest BCUT2D eigenvalue weighted by Gasteiger charge is 2.27. The van der Waals surface area contributed by atoms with E-state index in [1.165, 1.54) is 4.88 Å². The third kappa shape index (κ3) is 5.23. The molecule has 0 aliphatic carbocycles. The second-order valence-corrected chi connectivity index (χ2v) is 10.4. The van der Waals surface area contributed by atoms with Gasteiger partial charge in [0, 0.05) is 35.0 Å². The second kappa shape index (κ2) is 10.9. The van der Waals surface area contributed by atoms with Crippen LogP contribution in [-0.2, 0) is 19.6 Å². The van der Waals surface area contributed by atoms with Gasteiger partial charge < -0.3 is 19.2 Å². The lowest BCUT2D eigenvalue weighted by Crippen LogP contribution is -2.32. The van der Waals surface area contributed by atoms with Crippen molar-refractivity contribution in [3.8, 4) is 17.2 Å². The minimum Gasteiger partial charge on any atom is -0.497 e. The van der Waals surface area contributed by atoms with Crippen LogP contribution in [0.4, 0.5) is 0 Å². The van der Waals surface area contributed by atoms with E-state index in [2.05, 4.69) is 43.8 Å². The fourth-order valence-corrected chi connectivity index (χ4v) is 5.66. The van der Waals surface area contributed by atoms with Crippen LogP contribution in [-0.4, -0.2) is 44.0 Å². The lowest BCUT2D eigenvalue weighted by Gasteiger charge is -2.30.